The Morgan fingerprint density at radius 2 is 2.12 bits per heavy atom. The van der Waals surface area contributed by atoms with Crippen LogP contribution in [0.1, 0.15) is 49.5 Å². The highest BCUT2D eigenvalue weighted by molar-refractivity contribution is 5.55. The van der Waals surface area contributed by atoms with E-state index in [4.69, 9.17) is 8.83 Å². The number of furan rings is 1. The number of aromatic nitrogens is 2. The summed E-state index contributed by atoms with van der Waals surface area (Å²) < 4.78 is 11.4. The molecule has 4 rings (SSSR count). The van der Waals surface area contributed by atoms with Gasteiger partial charge in [0.1, 0.15) is 11.5 Å². The van der Waals surface area contributed by atoms with E-state index in [2.05, 4.69) is 15.1 Å². The van der Waals surface area contributed by atoms with Crippen LogP contribution in [0, 0.1) is 19.8 Å². The number of aryl methyl sites for hydroxylation is 2. The van der Waals surface area contributed by atoms with Crippen LogP contribution in [-0.4, -0.2) is 38.9 Å². The monoisotopic (exact) mass is 331 g/mol. The Kier molecular flexibility index (Phi) is 3.96. The lowest BCUT2D eigenvalue weighted by atomic mass is 9.71. The van der Waals surface area contributed by atoms with Gasteiger partial charge >= 0.3 is 0 Å². The van der Waals surface area contributed by atoms with Crippen LogP contribution in [0.4, 0.5) is 0 Å². The van der Waals surface area contributed by atoms with Crippen molar-refractivity contribution in [2.24, 2.45) is 5.92 Å². The predicted octanol–water partition coefficient (Wildman–Crippen LogP) is 3.07. The van der Waals surface area contributed by atoms with E-state index in [9.17, 15) is 5.11 Å². The number of fused-ring (bicyclic) bond motifs is 1. The maximum Gasteiger partial charge on any atom is 0.251 e. The molecule has 0 bridgehead atoms. The van der Waals surface area contributed by atoms with E-state index in [0.29, 0.717) is 24.2 Å². The Morgan fingerprint density at radius 1 is 1.25 bits per heavy atom. The largest absolute Gasteiger partial charge is 0.466 e. The highest BCUT2D eigenvalue weighted by Crippen LogP contribution is 2.40. The molecule has 2 unspecified atom stereocenters. The molecule has 2 aliphatic rings. The van der Waals surface area contributed by atoms with E-state index < -0.39 is 5.60 Å². The standard InChI is InChI=1S/C18H25N3O3/c1-12-9-15(13(2)23-12)17-20-19-16(24-17)11-21-8-7-18(22)6-4-3-5-14(18)10-21/h9,14,22H,3-8,10-11H2,1-2H3. The zero-order valence-corrected chi connectivity index (χ0v) is 14.4. The Hall–Kier alpha value is -1.66. The minimum absolute atomic E-state index is 0.376. The first-order chi connectivity index (χ1) is 11.5. The third kappa shape index (κ3) is 2.89. The zero-order chi connectivity index (χ0) is 16.7. The zero-order valence-electron chi connectivity index (χ0n) is 14.4. The third-order valence-corrected chi connectivity index (χ3v) is 5.61. The number of hydrogen-bond donors (Lipinski definition) is 1. The van der Waals surface area contributed by atoms with Crippen molar-refractivity contribution in [3.63, 3.8) is 0 Å². The number of piperidine rings is 1. The van der Waals surface area contributed by atoms with E-state index in [1.165, 1.54) is 6.42 Å². The van der Waals surface area contributed by atoms with Gasteiger partial charge in [-0.3, -0.25) is 4.90 Å². The Labute approximate surface area is 141 Å². The molecule has 130 valence electrons. The number of likely N-dealkylation sites (tertiary alicyclic amines) is 1. The molecule has 6 nitrogen and oxygen atoms in total. The molecule has 1 aliphatic heterocycles. The molecule has 2 fully saturated rings. The normalized spacial score (nSPS) is 28.0. The van der Waals surface area contributed by atoms with Crippen LogP contribution in [-0.2, 0) is 6.54 Å². The summed E-state index contributed by atoms with van der Waals surface area (Å²) in [4.78, 5) is 2.33. The van der Waals surface area contributed by atoms with Gasteiger partial charge in [0.05, 0.1) is 17.7 Å². The minimum atomic E-state index is -0.444. The van der Waals surface area contributed by atoms with Crippen LogP contribution >= 0.6 is 0 Å². The molecule has 2 aromatic heterocycles. The number of rotatable bonds is 3. The minimum Gasteiger partial charge on any atom is -0.466 e. The van der Waals surface area contributed by atoms with Crippen LogP contribution in [0.15, 0.2) is 14.9 Å². The van der Waals surface area contributed by atoms with E-state index in [-0.39, 0.29) is 0 Å². The molecule has 2 atom stereocenters. The van der Waals surface area contributed by atoms with Gasteiger partial charge in [0, 0.05) is 19.0 Å². The van der Waals surface area contributed by atoms with Gasteiger partial charge in [-0.2, -0.15) is 0 Å². The van der Waals surface area contributed by atoms with E-state index in [1.54, 1.807) is 0 Å². The maximum absolute atomic E-state index is 10.8. The van der Waals surface area contributed by atoms with Gasteiger partial charge in [-0.05, 0) is 39.2 Å². The molecule has 0 spiro atoms. The van der Waals surface area contributed by atoms with E-state index >= 15 is 0 Å². The third-order valence-electron chi connectivity index (χ3n) is 5.61. The molecule has 1 N–H and O–H groups in total. The van der Waals surface area contributed by atoms with Gasteiger partial charge in [0.2, 0.25) is 5.89 Å². The fourth-order valence-corrected chi connectivity index (χ4v) is 4.24. The number of hydrogen-bond acceptors (Lipinski definition) is 6. The second-order valence-corrected chi connectivity index (χ2v) is 7.36. The van der Waals surface area contributed by atoms with Crippen LogP contribution in [0.25, 0.3) is 11.5 Å². The fourth-order valence-electron chi connectivity index (χ4n) is 4.24. The van der Waals surface area contributed by atoms with Crippen LogP contribution in [0.5, 0.6) is 0 Å². The van der Waals surface area contributed by atoms with Gasteiger partial charge < -0.3 is 13.9 Å². The van der Waals surface area contributed by atoms with Crippen molar-refractivity contribution >= 4 is 0 Å². The molecule has 0 amide bonds. The number of nitrogens with zero attached hydrogens (tertiary/aromatic N) is 3. The molecule has 6 heteroatoms. The summed E-state index contributed by atoms with van der Waals surface area (Å²) in [7, 11) is 0. The SMILES string of the molecule is Cc1cc(-c2nnc(CN3CCC4(O)CCCCC4C3)o2)c(C)o1. The van der Waals surface area contributed by atoms with Crippen LogP contribution < -0.4 is 0 Å². The second kappa shape index (κ2) is 6.01. The molecule has 0 radical (unpaired) electrons. The maximum atomic E-state index is 10.8. The average Bonchev–Trinajstić information content (AvgIpc) is 3.13. The van der Waals surface area contributed by atoms with Gasteiger partial charge in [-0.25, -0.2) is 0 Å². The second-order valence-electron chi connectivity index (χ2n) is 7.36. The van der Waals surface area contributed by atoms with Crippen LogP contribution in [0.2, 0.25) is 0 Å². The summed E-state index contributed by atoms with van der Waals surface area (Å²) in [6.45, 7) is 6.26. The van der Waals surface area contributed by atoms with E-state index in [1.807, 2.05) is 19.9 Å². The lowest BCUT2D eigenvalue weighted by Gasteiger charge is -2.47. The van der Waals surface area contributed by atoms with Gasteiger partial charge in [-0.1, -0.05) is 12.8 Å². The molecular weight excluding hydrogens is 306 g/mol. The smallest absolute Gasteiger partial charge is 0.251 e. The summed E-state index contributed by atoms with van der Waals surface area (Å²) in [5.41, 5.74) is 0.423. The van der Waals surface area contributed by atoms with Crippen molar-refractivity contribution in [1.29, 1.82) is 0 Å². The Morgan fingerprint density at radius 3 is 2.92 bits per heavy atom. The topological polar surface area (TPSA) is 75.5 Å². The van der Waals surface area contributed by atoms with Gasteiger partial charge in [0.15, 0.2) is 0 Å². The number of aliphatic hydroxyl groups is 1. The van der Waals surface area contributed by atoms with Crippen molar-refractivity contribution in [1.82, 2.24) is 15.1 Å². The van der Waals surface area contributed by atoms with Crippen molar-refractivity contribution in [2.45, 2.75) is 58.1 Å². The average molecular weight is 331 g/mol. The first-order valence-electron chi connectivity index (χ1n) is 8.88. The predicted molar refractivity (Wildman–Crippen MR) is 88.3 cm³/mol. The van der Waals surface area contributed by atoms with Crippen molar-refractivity contribution in [3.05, 3.63) is 23.5 Å². The summed E-state index contributed by atoms with van der Waals surface area (Å²) in [5.74, 6) is 3.17. The van der Waals surface area contributed by atoms with Gasteiger partial charge in [0.25, 0.3) is 5.89 Å². The fraction of sp³-hybridized carbons (Fsp3) is 0.667. The quantitative estimate of drug-likeness (QED) is 0.931. The first kappa shape index (κ1) is 15.8. The molecule has 24 heavy (non-hydrogen) atoms. The summed E-state index contributed by atoms with van der Waals surface area (Å²) in [6, 6.07) is 1.93. The van der Waals surface area contributed by atoms with Crippen molar-refractivity contribution in [2.75, 3.05) is 13.1 Å². The molecule has 1 saturated carbocycles. The van der Waals surface area contributed by atoms with Crippen molar-refractivity contribution < 1.29 is 13.9 Å². The molecular formula is C18H25N3O3. The van der Waals surface area contributed by atoms with Crippen molar-refractivity contribution in [3.8, 4) is 11.5 Å². The molecule has 2 aromatic rings. The lowest BCUT2D eigenvalue weighted by Crippen LogP contribution is -2.52. The summed E-state index contributed by atoms with van der Waals surface area (Å²) in [5, 5.41) is 19.1. The van der Waals surface area contributed by atoms with E-state index in [0.717, 1.165) is 55.9 Å². The molecule has 3 heterocycles. The highest BCUT2D eigenvalue weighted by atomic mass is 16.4. The summed E-state index contributed by atoms with van der Waals surface area (Å²) >= 11 is 0. The lowest BCUT2D eigenvalue weighted by molar-refractivity contribution is -0.0977. The van der Waals surface area contributed by atoms with Gasteiger partial charge in [-0.15, -0.1) is 10.2 Å². The Bertz CT molecular complexity index is 723. The first-order valence-corrected chi connectivity index (χ1v) is 8.88. The molecule has 1 aliphatic carbocycles. The molecule has 0 aromatic carbocycles. The summed E-state index contributed by atoms with van der Waals surface area (Å²) in [6.07, 6.45) is 5.30. The van der Waals surface area contributed by atoms with Crippen LogP contribution in [0.3, 0.4) is 0 Å². The highest BCUT2D eigenvalue weighted by Gasteiger charge is 2.42. The Balaban J connectivity index is 1.44. The molecule has 1 saturated heterocycles.